The zero-order valence-corrected chi connectivity index (χ0v) is 13.9. The molecule has 1 aliphatic rings. The summed E-state index contributed by atoms with van der Waals surface area (Å²) >= 11 is 0. The number of hydrogen-bond donors (Lipinski definition) is 1. The number of Topliss-reactive ketones (excluding diaryl/α,β-unsaturated/α-hetero) is 1. The fourth-order valence-electron chi connectivity index (χ4n) is 2.74. The minimum Gasteiger partial charge on any atom is -0.355 e. The molecule has 0 radical (unpaired) electrons. The molecule has 2 rings (SSSR count). The van der Waals surface area contributed by atoms with E-state index in [1.165, 1.54) is 24.9 Å². The smallest absolute Gasteiger partial charge is 0.355 e. The van der Waals surface area contributed by atoms with Gasteiger partial charge in [0.2, 0.25) is 11.7 Å². The van der Waals surface area contributed by atoms with Crippen LogP contribution in [0.4, 0.5) is 13.2 Å². The van der Waals surface area contributed by atoms with Gasteiger partial charge in [-0.2, -0.15) is 13.2 Å². The third kappa shape index (κ3) is 4.37. The molecule has 1 aromatic carbocycles. The Bertz CT molecular complexity index is 701. The number of alkyl halides is 3. The summed E-state index contributed by atoms with van der Waals surface area (Å²) in [5.41, 5.74) is 0.0317. The maximum absolute atomic E-state index is 12.9. The largest absolute Gasteiger partial charge is 0.416 e. The van der Waals surface area contributed by atoms with E-state index >= 15 is 0 Å². The molecule has 136 valence electrons. The first-order valence-corrected chi connectivity index (χ1v) is 7.85. The average molecular weight is 356 g/mol. The maximum atomic E-state index is 12.9. The van der Waals surface area contributed by atoms with E-state index < -0.39 is 35.3 Å². The van der Waals surface area contributed by atoms with Crippen LogP contribution in [0.2, 0.25) is 0 Å². The van der Waals surface area contributed by atoms with E-state index in [0.717, 1.165) is 6.07 Å². The molecule has 0 bridgehead atoms. The topological polar surface area (TPSA) is 66.5 Å². The SMILES string of the molecule is Cc1ccc(CCCNC(=O)C2CN(C)C(=O)C2=O)cc1C(F)(F)F. The molecule has 0 aliphatic carbocycles. The first-order valence-electron chi connectivity index (χ1n) is 7.85. The number of carbonyl (C=O) groups excluding carboxylic acids is 3. The number of likely N-dealkylation sites (tertiary alicyclic amines) is 1. The third-order valence-electron chi connectivity index (χ3n) is 4.20. The lowest BCUT2D eigenvalue weighted by Gasteiger charge is -2.13. The fraction of sp³-hybridized carbons (Fsp3) is 0.471. The van der Waals surface area contributed by atoms with Crippen LogP contribution in [0.5, 0.6) is 0 Å². The lowest BCUT2D eigenvalue weighted by atomic mass is 10.0. The van der Waals surface area contributed by atoms with Crippen LogP contribution in [0.1, 0.15) is 23.1 Å². The molecule has 1 aromatic rings. The standard InChI is InChI=1S/C17H19F3N2O3/c1-10-5-6-11(8-13(10)17(18,19)20)4-3-7-21-15(24)12-9-22(2)16(25)14(12)23/h5-6,8,12H,3-4,7,9H2,1-2H3,(H,21,24). The van der Waals surface area contributed by atoms with E-state index in [0.29, 0.717) is 18.4 Å². The normalized spacial score (nSPS) is 18.0. The number of amides is 2. The lowest BCUT2D eigenvalue weighted by molar-refractivity contribution is -0.142. The first-order chi connectivity index (χ1) is 11.6. The van der Waals surface area contributed by atoms with Gasteiger partial charge in [-0.15, -0.1) is 0 Å². The van der Waals surface area contributed by atoms with Gasteiger partial charge in [-0.3, -0.25) is 14.4 Å². The monoisotopic (exact) mass is 356 g/mol. The van der Waals surface area contributed by atoms with Crippen molar-refractivity contribution < 1.29 is 27.6 Å². The zero-order valence-electron chi connectivity index (χ0n) is 13.9. The van der Waals surface area contributed by atoms with E-state index in [2.05, 4.69) is 5.32 Å². The summed E-state index contributed by atoms with van der Waals surface area (Å²) in [5, 5.41) is 2.56. The predicted molar refractivity (Wildman–Crippen MR) is 83.6 cm³/mol. The molecule has 25 heavy (non-hydrogen) atoms. The Kier molecular flexibility index (Phi) is 5.49. The van der Waals surface area contributed by atoms with Crippen LogP contribution in [0.3, 0.4) is 0 Å². The van der Waals surface area contributed by atoms with Gasteiger partial charge in [-0.25, -0.2) is 0 Å². The van der Waals surface area contributed by atoms with Gasteiger partial charge in [0.05, 0.1) is 5.56 Å². The average Bonchev–Trinajstić information content (AvgIpc) is 2.79. The molecule has 5 nitrogen and oxygen atoms in total. The number of rotatable bonds is 5. The third-order valence-corrected chi connectivity index (χ3v) is 4.20. The van der Waals surface area contributed by atoms with E-state index in [1.807, 2.05) is 0 Å². The molecule has 1 N–H and O–H groups in total. The van der Waals surface area contributed by atoms with E-state index in [-0.39, 0.29) is 18.7 Å². The van der Waals surface area contributed by atoms with Crippen LogP contribution in [-0.2, 0) is 27.0 Å². The summed E-state index contributed by atoms with van der Waals surface area (Å²) in [6.45, 7) is 1.68. The van der Waals surface area contributed by atoms with Crippen molar-refractivity contribution in [3.05, 3.63) is 34.9 Å². The number of nitrogens with one attached hydrogen (secondary N) is 1. The van der Waals surface area contributed by atoms with Crippen LogP contribution >= 0.6 is 0 Å². The molecule has 1 heterocycles. The van der Waals surface area contributed by atoms with Crippen LogP contribution in [0.25, 0.3) is 0 Å². The summed E-state index contributed by atoms with van der Waals surface area (Å²) in [4.78, 5) is 36.1. The van der Waals surface area contributed by atoms with Gasteiger partial charge in [-0.05, 0) is 37.0 Å². The quantitative estimate of drug-likeness (QED) is 0.496. The Morgan fingerprint density at radius 3 is 2.56 bits per heavy atom. The highest BCUT2D eigenvalue weighted by Gasteiger charge is 2.41. The van der Waals surface area contributed by atoms with E-state index in [1.54, 1.807) is 6.07 Å². The minimum atomic E-state index is -4.39. The molecular weight excluding hydrogens is 337 g/mol. The first kappa shape index (κ1) is 19.0. The van der Waals surface area contributed by atoms with Crippen molar-refractivity contribution in [3.63, 3.8) is 0 Å². The van der Waals surface area contributed by atoms with Crippen LogP contribution in [0, 0.1) is 12.8 Å². The number of carbonyl (C=O) groups is 3. The van der Waals surface area contributed by atoms with Gasteiger partial charge in [0.1, 0.15) is 5.92 Å². The Morgan fingerprint density at radius 1 is 1.32 bits per heavy atom. The van der Waals surface area contributed by atoms with Crippen molar-refractivity contribution in [2.75, 3.05) is 20.1 Å². The second kappa shape index (κ2) is 7.25. The highest BCUT2D eigenvalue weighted by molar-refractivity contribution is 6.42. The zero-order chi connectivity index (χ0) is 18.8. The number of ketones is 1. The van der Waals surface area contributed by atoms with Crippen molar-refractivity contribution in [2.24, 2.45) is 5.92 Å². The molecule has 1 aliphatic heterocycles. The fourth-order valence-corrected chi connectivity index (χ4v) is 2.74. The summed E-state index contributed by atoms with van der Waals surface area (Å²) in [5.74, 6) is -2.94. The molecule has 0 aromatic heterocycles. The highest BCUT2D eigenvalue weighted by atomic mass is 19.4. The van der Waals surface area contributed by atoms with Crippen LogP contribution < -0.4 is 5.32 Å². The van der Waals surface area contributed by atoms with Gasteiger partial charge in [-0.1, -0.05) is 12.1 Å². The van der Waals surface area contributed by atoms with Crippen molar-refractivity contribution in [3.8, 4) is 0 Å². The van der Waals surface area contributed by atoms with Gasteiger partial charge >= 0.3 is 6.18 Å². The molecule has 1 fully saturated rings. The molecule has 1 atom stereocenters. The van der Waals surface area contributed by atoms with Crippen molar-refractivity contribution in [1.29, 1.82) is 0 Å². The number of nitrogens with zero attached hydrogens (tertiary/aromatic N) is 1. The van der Waals surface area contributed by atoms with Gasteiger partial charge in [0.25, 0.3) is 5.91 Å². The van der Waals surface area contributed by atoms with E-state index in [4.69, 9.17) is 0 Å². The van der Waals surface area contributed by atoms with Crippen molar-refractivity contribution >= 4 is 17.6 Å². The molecule has 1 saturated heterocycles. The Morgan fingerprint density at radius 2 is 2.00 bits per heavy atom. The molecule has 0 spiro atoms. The number of halogens is 3. The number of benzene rings is 1. The van der Waals surface area contributed by atoms with Gasteiger partial charge < -0.3 is 10.2 Å². The van der Waals surface area contributed by atoms with Crippen molar-refractivity contribution in [1.82, 2.24) is 10.2 Å². The Labute approximate surface area is 143 Å². The summed E-state index contributed by atoms with van der Waals surface area (Å²) in [6.07, 6.45) is -3.60. The Balaban J connectivity index is 1.85. The summed E-state index contributed by atoms with van der Waals surface area (Å²) < 4.78 is 38.6. The molecule has 2 amide bonds. The van der Waals surface area contributed by atoms with Crippen LogP contribution in [-0.4, -0.2) is 42.6 Å². The minimum absolute atomic E-state index is 0.0520. The number of hydrogen-bond acceptors (Lipinski definition) is 3. The molecule has 0 saturated carbocycles. The Hall–Kier alpha value is -2.38. The highest BCUT2D eigenvalue weighted by Crippen LogP contribution is 2.32. The number of likely N-dealkylation sites (N-methyl/N-ethyl adjacent to an activating group) is 1. The van der Waals surface area contributed by atoms with Gasteiger partial charge in [0, 0.05) is 20.1 Å². The van der Waals surface area contributed by atoms with Crippen LogP contribution in [0.15, 0.2) is 18.2 Å². The van der Waals surface area contributed by atoms with E-state index in [9.17, 15) is 27.6 Å². The van der Waals surface area contributed by atoms with Gasteiger partial charge in [0.15, 0.2) is 0 Å². The second-order valence-corrected chi connectivity index (χ2v) is 6.14. The number of aryl methyl sites for hydroxylation is 2. The lowest BCUT2D eigenvalue weighted by Crippen LogP contribution is -2.36. The molecule has 8 heteroatoms. The summed E-state index contributed by atoms with van der Waals surface area (Å²) in [7, 11) is 1.45. The van der Waals surface area contributed by atoms with Crippen molar-refractivity contribution in [2.45, 2.75) is 25.9 Å². The molecular formula is C17H19F3N2O3. The summed E-state index contributed by atoms with van der Waals surface area (Å²) in [6, 6.07) is 4.17. The maximum Gasteiger partial charge on any atom is 0.416 e. The predicted octanol–water partition coefficient (Wildman–Crippen LogP) is 1.72. The second-order valence-electron chi connectivity index (χ2n) is 6.14. The molecule has 1 unspecified atom stereocenters.